The van der Waals surface area contributed by atoms with E-state index < -0.39 is 0 Å². The Hall–Kier alpha value is -1.03. The summed E-state index contributed by atoms with van der Waals surface area (Å²) in [5.41, 5.74) is 2.58. The molecule has 1 saturated carbocycles. The van der Waals surface area contributed by atoms with Gasteiger partial charge in [-0.05, 0) is 32.1 Å². The van der Waals surface area contributed by atoms with Crippen LogP contribution in [0.4, 0.5) is 5.82 Å². The van der Waals surface area contributed by atoms with E-state index in [4.69, 9.17) is 5.10 Å². The van der Waals surface area contributed by atoms with Crippen molar-refractivity contribution in [1.29, 1.82) is 0 Å². The van der Waals surface area contributed by atoms with E-state index in [1.165, 1.54) is 55.7 Å². The molecular weight excluding hydrogens is 260 g/mol. The molecule has 2 heterocycles. The summed E-state index contributed by atoms with van der Waals surface area (Å²) in [6.45, 7) is 8.70. The monoisotopic (exact) mass is 290 g/mol. The predicted molar refractivity (Wildman–Crippen MR) is 87.6 cm³/mol. The van der Waals surface area contributed by atoms with E-state index >= 15 is 0 Å². The third-order valence-corrected chi connectivity index (χ3v) is 5.28. The van der Waals surface area contributed by atoms with Crippen molar-refractivity contribution in [3.8, 4) is 0 Å². The van der Waals surface area contributed by atoms with Gasteiger partial charge in [-0.3, -0.25) is 4.68 Å². The lowest BCUT2D eigenvalue weighted by atomic mass is 9.85. The molecule has 2 fully saturated rings. The predicted octanol–water partition coefficient (Wildman–Crippen LogP) is 3.00. The zero-order chi connectivity index (χ0) is 15.0. The number of nitrogens with zero attached hydrogens (tertiary/aromatic N) is 3. The Bertz CT molecular complexity index is 491. The van der Waals surface area contributed by atoms with Crippen LogP contribution >= 0.6 is 0 Å². The molecule has 2 atom stereocenters. The summed E-state index contributed by atoms with van der Waals surface area (Å²) in [7, 11) is 2.11. The number of hydrogen-bond donors (Lipinski definition) is 1. The molecule has 118 valence electrons. The average Bonchev–Trinajstić information content (AvgIpc) is 2.97. The molecule has 1 N–H and O–H groups in total. The maximum absolute atomic E-state index is 4.71. The molecule has 2 unspecified atom stereocenters. The quantitative estimate of drug-likeness (QED) is 0.925. The van der Waals surface area contributed by atoms with Gasteiger partial charge in [0.2, 0.25) is 0 Å². The molecule has 3 rings (SSSR count). The van der Waals surface area contributed by atoms with Crippen LogP contribution in [0, 0.1) is 12.8 Å². The van der Waals surface area contributed by atoms with Crippen molar-refractivity contribution in [3.05, 3.63) is 11.3 Å². The van der Waals surface area contributed by atoms with E-state index in [0.717, 1.165) is 18.5 Å². The lowest BCUT2D eigenvalue weighted by Gasteiger charge is -2.33. The molecule has 4 heteroatoms. The number of aryl methyl sites for hydroxylation is 2. The topological polar surface area (TPSA) is 33.1 Å². The van der Waals surface area contributed by atoms with Crippen molar-refractivity contribution in [1.82, 2.24) is 15.1 Å². The summed E-state index contributed by atoms with van der Waals surface area (Å²) in [6, 6.07) is 1.27. The number of rotatable bonds is 4. The van der Waals surface area contributed by atoms with Crippen LogP contribution in [0.1, 0.15) is 57.2 Å². The van der Waals surface area contributed by atoms with Crippen molar-refractivity contribution in [2.45, 2.75) is 71.5 Å². The van der Waals surface area contributed by atoms with E-state index in [0.29, 0.717) is 6.04 Å². The zero-order valence-electron chi connectivity index (χ0n) is 14.0. The first-order chi connectivity index (χ1) is 10.1. The maximum atomic E-state index is 4.71. The van der Waals surface area contributed by atoms with E-state index in [2.05, 4.69) is 42.7 Å². The van der Waals surface area contributed by atoms with Crippen molar-refractivity contribution in [3.63, 3.8) is 0 Å². The van der Waals surface area contributed by atoms with Gasteiger partial charge in [-0.25, -0.2) is 0 Å². The first-order valence-electron chi connectivity index (χ1n) is 8.60. The van der Waals surface area contributed by atoms with Gasteiger partial charge in [-0.2, -0.15) is 5.10 Å². The van der Waals surface area contributed by atoms with Crippen LogP contribution in [0.15, 0.2) is 0 Å². The maximum Gasteiger partial charge on any atom is 0.131 e. The summed E-state index contributed by atoms with van der Waals surface area (Å²) in [5, 5.41) is 8.28. The molecule has 21 heavy (non-hydrogen) atoms. The molecular formula is C17H30N4. The number of anilines is 1. The van der Waals surface area contributed by atoms with Crippen molar-refractivity contribution < 1.29 is 0 Å². The summed E-state index contributed by atoms with van der Waals surface area (Å²) < 4.78 is 2.11. The average molecular weight is 290 g/mol. The molecule has 1 aromatic rings. The van der Waals surface area contributed by atoms with Crippen molar-refractivity contribution >= 4 is 5.82 Å². The summed E-state index contributed by atoms with van der Waals surface area (Å²) in [4.78, 5) is 2.67. The van der Waals surface area contributed by atoms with E-state index in [1.54, 1.807) is 0 Å². The fourth-order valence-corrected chi connectivity index (χ4v) is 4.23. The highest BCUT2D eigenvalue weighted by Gasteiger charge is 2.38. The molecule has 0 aromatic carbocycles. The minimum Gasteiger partial charge on any atom is -0.353 e. The third-order valence-electron chi connectivity index (χ3n) is 5.28. The largest absolute Gasteiger partial charge is 0.353 e. The second kappa shape index (κ2) is 5.99. The Morgan fingerprint density at radius 2 is 2.00 bits per heavy atom. The summed E-state index contributed by atoms with van der Waals surface area (Å²) in [6.07, 6.45) is 6.99. The zero-order valence-corrected chi connectivity index (χ0v) is 14.0. The molecule has 1 saturated heterocycles. The van der Waals surface area contributed by atoms with Crippen LogP contribution in [0.25, 0.3) is 0 Å². The number of fused-ring (bicyclic) bond motifs is 1. The number of nitrogens with one attached hydrogen (secondary N) is 1. The molecule has 2 aliphatic rings. The Labute approximate surface area is 128 Å². The standard InChI is InChI=1S/C17H30N4/c1-12(2)18-11-15-13(3)19-20(4)17(15)21-10-9-14-7-5-6-8-16(14)21/h12,14,16,18H,5-11H2,1-4H3. The van der Waals surface area contributed by atoms with Crippen molar-refractivity contribution in [2.75, 3.05) is 11.4 Å². The van der Waals surface area contributed by atoms with Crippen LogP contribution < -0.4 is 10.2 Å². The minimum atomic E-state index is 0.512. The van der Waals surface area contributed by atoms with Gasteiger partial charge < -0.3 is 10.2 Å². The second-order valence-corrected chi connectivity index (χ2v) is 7.14. The summed E-state index contributed by atoms with van der Waals surface area (Å²) in [5.74, 6) is 2.29. The molecule has 1 aliphatic carbocycles. The van der Waals surface area contributed by atoms with Gasteiger partial charge >= 0.3 is 0 Å². The van der Waals surface area contributed by atoms with Gasteiger partial charge in [0.15, 0.2) is 0 Å². The molecule has 0 radical (unpaired) electrons. The highest BCUT2D eigenvalue weighted by atomic mass is 15.4. The third kappa shape index (κ3) is 2.83. The fourth-order valence-electron chi connectivity index (χ4n) is 4.23. The Morgan fingerprint density at radius 3 is 2.76 bits per heavy atom. The van der Waals surface area contributed by atoms with Gasteiger partial charge in [-0.1, -0.05) is 26.7 Å². The van der Waals surface area contributed by atoms with E-state index in [1.807, 2.05) is 0 Å². The molecule has 1 aliphatic heterocycles. The normalized spacial score (nSPS) is 25.7. The van der Waals surface area contributed by atoms with Gasteiger partial charge in [0.1, 0.15) is 5.82 Å². The molecule has 1 aromatic heterocycles. The SMILES string of the molecule is Cc1nn(C)c(N2CCC3CCCCC32)c1CNC(C)C. The van der Waals surface area contributed by atoms with Crippen LogP contribution in [-0.4, -0.2) is 28.4 Å². The van der Waals surface area contributed by atoms with Crippen LogP contribution in [0.2, 0.25) is 0 Å². The number of hydrogen-bond acceptors (Lipinski definition) is 3. The fraction of sp³-hybridized carbons (Fsp3) is 0.824. The highest BCUT2D eigenvalue weighted by molar-refractivity contribution is 5.52. The lowest BCUT2D eigenvalue weighted by Crippen LogP contribution is -2.37. The first kappa shape index (κ1) is 14.9. The van der Waals surface area contributed by atoms with Gasteiger partial charge in [0, 0.05) is 37.8 Å². The first-order valence-corrected chi connectivity index (χ1v) is 8.60. The molecule has 0 bridgehead atoms. The highest BCUT2D eigenvalue weighted by Crippen LogP contribution is 2.40. The minimum absolute atomic E-state index is 0.512. The van der Waals surface area contributed by atoms with Crippen LogP contribution in [0.5, 0.6) is 0 Å². The second-order valence-electron chi connectivity index (χ2n) is 7.14. The van der Waals surface area contributed by atoms with Crippen molar-refractivity contribution in [2.24, 2.45) is 13.0 Å². The van der Waals surface area contributed by atoms with Gasteiger partial charge in [0.05, 0.1) is 5.69 Å². The van der Waals surface area contributed by atoms with Gasteiger partial charge in [0.25, 0.3) is 0 Å². The van der Waals surface area contributed by atoms with Crippen LogP contribution in [-0.2, 0) is 13.6 Å². The molecule has 0 amide bonds. The smallest absolute Gasteiger partial charge is 0.131 e. The van der Waals surface area contributed by atoms with E-state index in [9.17, 15) is 0 Å². The Morgan fingerprint density at radius 1 is 1.24 bits per heavy atom. The number of aromatic nitrogens is 2. The van der Waals surface area contributed by atoms with Crippen LogP contribution in [0.3, 0.4) is 0 Å². The summed E-state index contributed by atoms with van der Waals surface area (Å²) >= 11 is 0. The van der Waals surface area contributed by atoms with Gasteiger partial charge in [-0.15, -0.1) is 0 Å². The lowest BCUT2D eigenvalue weighted by molar-refractivity contribution is 0.340. The molecule has 4 nitrogen and oxygen atoms in total. The molecule has 0 spiro atoms. The Kier molecular flexibility index (Phi) is 4.25. The van der Waals surface area contributed by atoms with E-state index in [-0.39, 0.29) is 0 Å². The Balaban J connectivity index is 1.87.